The van der Waals surface area contributed by atoms with Gasteiger partial charge in [-0.3, -0.25) is 0 Å². The van der Waals surface area contributed by atoms with Crippen molar-refractivity contribution < 1.29 is 9.13 Å². The molecule has 1 aromatic rings. The summed E-state index contributed by atoms with van der Waals surface area (Å²) < 4.78 is 18.5. The molecule has 2 N–H and O–H groups in total. The van der Waals surface area contributed by atoms with E-state index in [-0.39, 0.29) is 5.82 Å². The van der Waals surface area contributed by atoms with Gasteiger partial charge in [-0.25, -0.2) is 4.39 Å². The molecule has 1 fully saturated rings. The number of nitrogen functional groups attached to an aromatic ring is 1. The second-order valence-electron chi connectivity index (χ2n) is 4.16. The van der Waals surface area contributed by atoms with Crippen LogP contribution < -0.4 is 10.6 Å². The van der Waals surface area contributed by atoms with E-state index in [0.29, 0.717) is 11.7 Å². The monoisotopic (exact) mass is 224 g/mol. The fraction of sp³-hybridized carbons (Fsp3) is 0.500. The van der Waals surface area contributed by atoms with Gasteiger partial charge in [-0.2, -0.15) is 0 Å². The predicted octanol–water partition coefficient (Wildman–Crippen LogP) is 2.02. The smallest absolute Gasteiger partial charge is 0.125 e. The van der Waals surface area contributed by atoms with Crippen molar-refractivity contribution in [1.29, 1.82) is 0 Å². The molecule has 0 aromatic heterocycles. The second kappa shape index (κ2) is 4.70. The van der Waals surface area contributed by atoms with Gasteiger partial charge < -0.3 is 15.4 Å². The summed E-state index contributed by atoms with van der Waals surface area (Å²) in [7, 11) is 1.96. The molecule has 1 aliphatic rings. The first kappa shape index (κ1) is 11.2. The lowest BCUT2D eigenvalue weighted by Crippen LogP contribution is -2.37. The minimum absolute atomic E-state index is 0.247. The van der Waals surface area contributed by atoms with Crippen molar-refractivity contribution in [2.45, 2.75) is 18.9 Å². The maximum Gasteiger partial charge on any atom is 0.125 e. The van der Waals surface area contributed by atoms with Gasteiger partial charge in [0.05, 0.1) is 11.4 Å². The third-order valence-corrected chi connectivity index (χ3v) is 3.11. The van der Waals surface area contributed by atoms with Gasteiger partial charge in [-0.1, -0.05) is 0 Å². The molecule has 16 heavy (non-hydrogen) atoms. The average molecular weight is 224 g/mol. The Balaban J connectivity index is 2.18. The molecule has 1 aromatic carbocycles. The van der Waals surface area contributed by atoms with Crippen molar-refractivity contribution in [2.75, 3.05) is 30.9 Å². The third kappa shape index (κ3) is 2.27. The van der Waals surface area contributed by atoms with Gasteiger partial charge in [0.25, 0.3) is 0 Å². The number of anilines is 2. The molecule has 0 bridgehead atoms. The fourth-order valence-corrected chi connectivity index (χ4v) is 2.09. The molecule has 0 saturated carbocycles. The largest absolute Gasteiger partial charge is 0.397 e. The van der Waals surface area contributed by atoms with Crippen LogP contribution in [0, 0.1) is 5.82 Å². The average Bonchev–Trinajstić information content (AvgIpc) is 2.32. The number of rotatable bonds is 2. The highest BCUT2D eigenvalue weighted by atomic mass is 19.1. The Morgan fingerprint density at radius 2 is 2.06 bits per heavy atom. The Kier molecular flexibility index (Phi) is 3.29. The number of nitrogens with zero attached hydrogens (tertiary/aromatic N) is 1. The first-order valence-corrected chi connectivity index (χ1v) is 5.54. The Bertz CT molecular complexity index is 364. The van der Waals surface area contributed by atoms with Crippen LogP contribution in [0.3, 0.4) is 0 Å². The molecule has 4 heteroatoms. The van der Waals surface area contributed by atoms with Crippen molar-refractivity contribution in [3.8, 4) is 0 Å². The highest BCUT2D eigenvalue weighted by molar-refractivity contribution is 5.67. The Morgan fingerprint density at radius 3 is 2.75 bits per heavy atom. The van der Waals surface area contributed by atoms with Crippen molar-refractivity contribution >= 4 is 11.4 Å². The number of hydrogen-bond donors (Lipinski definition) is 1. The van der Waals surface area contributed by atoms with Crippen molar-refractivity contribution in [3.63, 3.8) is 0 Å². The van der Waals surface area contributed by atoms with Crippen molar-refractivity contribution in [2.24, 2.45) is 0 Å². The molecule has 0 unspecified atom stereocenters. The lowest BCUT2D eigenvalue weighted by Gasteiger charge is -2.33. The van der Waals surface area contributed by atoms with Crippen LogP contribution in [0.4, 0.5) is 15.8 Å². The van der Waals surface area contributed by atoms with Crippen LogP contribution >= 0.6 is 0 Å². The van der Waals surface area contributed by atoms with Gasteiger partial charge >= 0.3 is 0 Å². The Morgan fingerprint density at radius 1 is 1.38 bits per heavy atom. The van der Waals surface area contributed by atoms with Gasteiger partial charge in [0.2, 0.25) is 0 Å². The summed E-state index contributed by atoms with van der Waals surface area (Å²) in [6.45, 7) is 1.54. The van der Waals surface area contributed by atoms with E-state index < -0.39 is 0 Å². The maximum absolute atomic E-state index is 13.2. The van der Waals surface area contributed by atoms with E-state index in [2.05, 4.69) is 4.90 Å². The van der Waals surface area contributed by atoms with Crippen molar-refractivity contribution in [1.82, 2.24) is 0 Å². The summed E-state index contributed by atoms with van der Waals surface area (Å²) in [6.07, 6.45) is 1.93. The predicted molar refractivity (Wildman–Crippen MR) is 63.1 cm³/mol. The van der Waals surface area contributed by atoms with Gasteiger partial charge in [-0.15, -0.1) is 0 Å². The summed E-state index contributed by atoms with van der Waals surface area (Å²) in [5.41, 5.74) is 7.25. The van der Waals surface area contributed by atoms with E-state index in [1.807, 2.05) is 7.05 Å². The lowest BCUT2D eigenvalue weighted by molar-refractivity contribution is 0.0855. The molecule has 88 valence electrons. The Hall–Kier alpha value is -1.29. The number of benzene rings is 1. The van der Waals surface area contributed by atoms with Crippen LogP contribution in [0.5, 0.6) is 0 Å². The molecule has 1 aliphatic heterocycles. The van der Waals surface area contributed by atoms with Crippen LogP contribution in [-0.2, 0) is 4.74 Å². The number of halogens is 1. The molecule has 0 aliphatic carbocycles. The molecule has 0 radical (unpaired) electrons. The minimum Gasteiger partial charge on any atom is -0.397 e. The number of nitrogens with two attached hydrogens (primary N) is 1. The molecule has 2 rings (SSSR count). The van der Waals surface area contributed by atoms with Crippen LogP contribution in [0.15, 0.2) is 18.2 Å². The fourth-order valence-electron chi connectivity index (χ4n) is 2.09. The molecule has 3 nitrogen and oxygen atoms in total. The molecule has 1 saturated heterocycles. The third-order valence-electron chi connectivity index (χ3n) is 3.11. The molecular formula is C12H17FN2O. The van der Waals surface area contributed by atoms with E-state index >= 15 is 0 Å². The molecular weight excluding hydrogens is 207 g/mol. The lowest BCUT2D eigenvalue weighted by atomic mass is 10.1. The van der Waals surface area contributed by atoms with Crippen LogP contribution in [0.25, 0.3) is 0 Å². The van der Waals surface area contributed by atoms with Crippen molar-refractivity contribution in [3.05, 3.63) is 24.0 Å². The normalized spacial score (nSPS) is 17.4. The quantitative estimate of drug-likeness (QED) is 0.781. The summed E-state index contributed by atoms with van der Waals surface area (Å²) in [5, 5.41) is 0. The minimum atomic E-state index is -0.247. The van der Waals surface area contributed by atoms with Gasteiger partial charge in [0.1, 0.15) is 5.82 Å². The van der Waals surface area contributed by atoms with E-state index in [1.165, 1.54) is 12.1 Å². The Labute approximate surface area is 95.0 Å². The highest BCUT2D eigenvalue weighted by Crippen LogP contribution is 2.27. The standard InChI is InChI=1S/C12H17FN2O/c1-15(10-4-6-16-7-5-10)12-8-9(13)2-3-11(12)14/h2-3,8,10H,4-7,14H2,1H3. The topological polar surface area (TPSA) is 38.5 Å². The van der Waals surface area contributed by atoms with Crippen LogP contribution in [0.1, 0.15) is 12.8 Å². The molecule has 0 atom stereocenters. The van der Waals surface area contributed by atoms with E-state index in [1.54, 1.807) is 6.07 Å². The summed E-state index contributed by atoms with van der Waals surface area (Å²) in [6, 6.07) is 4.87. The second-order valence-corrected chi connectivity index (χ2v) is 4.16. The maximum atomic E-state index is 13.2. The molecule has 1 heterocycles. The van der Waals surface area contributed by atoms with Crippen LogP contribution in [-0.4, -0.2) is 26.3 Å². The van der Waals surface area contributed by atoms with Gasteiger partial charge in [0, 0.05) is 26.3 Å². The zero-order chi connectivity index (χ0) is 11.5. The van der Waals surface area contributed by atoms with Crippen LogP contribution in [0.2, 0.25) is 0 Å². The summed E-state index contributed by atoms with van der Waals surface area (Å²) in [5.74, 6) is -0.247. The molecule has 0 spiro atoms. The van der Waals surface area contributed by atoms with E-state index in [4.69, 9.17) is 10.5 Å². The summed E-state index contributed by atoms with van der Waals surface area (Å²) >= 11 is 0. The van der Waals surface area contributed by atoms with E-state index in [9.17, 15) is 4.39 Å². The number of hydrogen-bond acceptors (Lipinski definition) is 3. The summed E-state index contributed by atoms with van der Waals surface area (Å²) in [4.78, 5) is 2.06. The SMILES string of the molecule is CN(c1cc(F)ccc1N)C1CCOCC1. The van der Waals surface area contributed by atoms with Gasteiger partial charge in [-0.05, 0) is 31.0 Å². The number of ether oxygens (including phenoxy) is 1. The van der Waals surface area contributed by atoms with Gasteiger partial charge in [0.15, 0.2) is 0 Å². The van der Waals surface area contributed by atoms with E-state index in [0.717, 1.165) is 31.7 Å². The zero-order valence-electron chi connectivity index (χ0n) is 9.45. The first-order valence-electron chi connectivity index (χ1n) is 5.54. The molecule has 0 amide bonds. The first-order chi connectivity index (χ1) is 7.68. The highest BCUT2D eigenvalue weighted by Gasteiger charge is 2.20. The zero-order valence-corrected chi connectivity index (χ0v) is 9.45.